The molecule has 20 heavy (non-hydrogen) atoms. The second kappa shape index (κ2) is 10.3. The Bertz CT molecular complexity index is 273. The van der Waals surface area contributed by atoms with Crippen molar-refractivity contribution in [2.45, 2.75) is 58.0 Å². The zero-order valence-electron chi connectivity index (χ0n) is 13.1. The maximum atomic E-state index is 9.47. The number of thiocarbonyl (C=S) groups is 1. The molecule has 0 aromatic carbocycles. The van der Waals surface area contributed by atoms with E-state index in [2.05, 4.69) is 19.1 Å². The minimum Gasteiger partial charge on any atom is -0.378 e. The molecular weight excluding hydrogens is 283 g/mol. The number of nitrogens with two attached hydrogens (primary N) is 1. The van der Waals surface area contributed by atoms with Crippen molar-refractivity contribution in [1.29, 1.82) is 0 Å². The quantitative estimate of drug-likeness (QED) is 0.610. The number of rotatable bonds is 3. The molecule has 0 unspecified atom stereocenters. The highest BCUT2D eigenvalue weighted by molar-refractivity contribution is 7.80. The fourth-order valence-electron chi connectivity index (χ4n) is 1.64. The molecule has 0 spiro atoms. The Hall–Kier alpha value is -0.500. The highest BCUT2D eigenvalue weighted by Gasteiger charge is 2.26. The van der Waals surface area contributed by atoms with Crippen molar-refractivity contribution in [2.24, 2.45) is 5.73 Å². The van der Waals surface area contributed by atoms with Gasteiger partial charge in [-0.25, -0.2) is 0 Å². The molecule has 1 saturated heterocycles. The second-order valence-corrected chi connectivity index (χ2v) is 5.76. The predicted octanol–water partition coefficient (Wildman–Crippen LogP) is 1.63. The molecule has 0 aromatic heterocycles. The highest BCUT2D eigenvalue weighted by atomic mass is 32.1. The molecule has 1 heterocycles. The van der Waals surface area contributed by atoms with Crippen LogP contribution < -0.4 is 5.73 Å². The fraction of sp³-hybridized carbons (Fsp3) is 0.923. The van der Waals surface area contributed by atoms with E-state index in [4.69, 9.17) is 15.2 Å². The molecule has 0 amide bonds. The molecule has 122 valence electrons. The van der Waals surface area contributed by atoms with Crippen molar-refractivity contribution in [2.75, 3.05) is 20.7 Å². The van der Waals surface area contributed by atoms with Crippen LogP contribution in [0.2, 0.25) is 0 Å². The van der Waals surface area contributed by atoms with Crippen LogP contribution in [0.25, 0.3) is 0 Å². The molecule has 0 saturated carbocycles. The minimum atomic E-state index is -1.01. The monoisotopic (exact) mass is 312 g/mol. The third kappa shape index (κ3) is 11.3. The summed E-state index contributed by atoms with van der Waals surface area (Å²) in [6.45, 7) is 6.20. The van der Waals surface area contributed by atoms with Crippen molar-refractivity contribution < 1.29 is 19.3 Å². The van der Waals surface area contributed by atoms with Gasteiger partial charge in [0.1, 0.15) is 0 Å². The van der Waals surface area contributed by atoms with E-state index >= 15 is 0 Å². The average molecular weight is 312 g/mol. The Morgan fingerprint density at radius 3 is 2.35 bits per heavy atom. The van der Waals surface area contributed by atoms with Crippen LogP contribution in [0.5, 0.6) is 0 Å². The van der Waals surface area contributed by atoms with Crippen LogP contribution in [0.3, 0.4) is 0 Å². The summed E-state index contributed by atoms with van der Waals surface area (Å²) in [6.07, 6.45) is 3.27. The van der Waals surface area contributed by atoms with Crippen LogP contribution in [0.1, 0.15) is 40.0 Å². The van der Waals surface area contributed by atoms with Crippen molar-refractivity contribution in [3.63, 3.8) is 0 Å². The molecule has 1 aliphatic heterocycles. The highest BCUT2D eigenvalue weighted by Crippen LogP contribution is 2.22. The van der Waals surface area contributed by atoms with Crippen LogP contribution in [-0.4, -0.2) is 53.8 Å². The number of halogens is 1. The number of hydrogen-bond donors (Lipinski definition) is 2. The lowest BCUT2D eigenvalue weighted by Gasteiger charge is -2.32. The van der Waals surface area contributed by atoms with E-state index in [0.29, 0.717) is 11.2 Å². The topological polar surface area (TPSA) is 68.0 Å². The summed E-state index contributed by atoms with van der Waals surface area (Å²) >= 11 is 4.52. The van der Waals surface area contributed by atoms with E-state index in [9.17, 15) is 5.11 Å². The van der Waals surface area contributed by atoms with Crippen LogP contribution in [-0.2, 0) is 9.47 Å². The molecule has 1 aliphatic rings. The first kappa shape index (κ1) is 21.8. The summed E-state index contributed by atoms with van der Waals surface area (Å²) in [7, 11) is 3.62. The Balaban J connectivity index is 0. The average Bonchev–Trinajstić information content (AvgIpc) is 2.27. The molecule has 0 aliphatic carbocycles. The molecule has 3 N–H and O–H groups in total. The van der Waals surface area contributed by atoms with E-state index in [1.807, 2.05) is 14.1 Å². The first-order valence-electron chi connectivity index (χ1n) is 6.64. The van der Waals surface area contributed by atoms with Crippen molar-refractivity contribution in [3.05, 3.63) is 0 Å². The zero-order chi connectivity index (χ0) is 15.1. The van der Waals surface area contributed by atoms with E-state index in [1.165, 1.54) is 0 Å². The molecule has 1 fully saturated rings. The standard InChI is InChI=1S/C10H20O3.C3H8N2S.FH/c1-4-8-7-9(5-6-12-8)13-10(2,3)11;1-5(2)3(4)6;/h8-9,11H,4-7H2,1-3H3;1-2H3,(H2,4,6);1H/t8-,9-;;/m1../s1. The van der Waals surface area contributed by atoms with Gasteiger partial charge < -0.3 is 25.2 Å². The van der Waals surface area contributed by atoms with Gasteiger partial charge in [-0.15, -0.1) is 0 Å². The first-order valence-corrected chi connectivity index (χ1v) is 7.05. The largest absolute Gasteiger partial charge is 0.378 e. The van der Waals surface area contributed by atoms with E-state index in [-0.39, 0.29) is 10.8 Å². The minimum absolute atomic E-state index is 0. The van der Waals surface area contributed by atoms with Gasteiger partial charge in [-0.3, -0.25) is 4.70 Å². The van der Waals surface area contributed by atoms with Gasteiger partial charge in [0.25, 0.3) is 0 Å². The van der Waals surface area contributed by atoms with Gasteiger partial charge >= 0.3 is 0 Å². The Morgan fingerprint density at radius 1 is 1.50 bits per heavy atom. The molecule has 1 rings (SSSR count). The van der Waals surface area contributed by atoms with Gasteiger partial charge in [0.15, 0.2) is 10.9 Å². The summed E-state index contributed by atoms with van der Waals surface area (Å²) in [5.41, 5.74) is 5.09. The summed E-state index contributed by atoms with van der Waals surface area (Å²) in [5, 5.41) is 9.89. The van der Waals surface area contributed by atoms with E-state index in [0.717, 1.165) is 25.9 Å². The number of aliphatic hydroxyl groups is 1. The lowest BCUT2D eigenvalue weighted by molar-refractivity contribution is -0.224. The molecule has 2 atom stereocenters. The molecule has 0 radical (unpaired) electrons. The molecule has 0 aromatic rings. The maximum absolute atomic E-state index is 9.47. The van der Waals surface area contributed by atoms with Gasteiger partial charge in [-0.2, -0.15) is 0 Å². The maximum Gasteiger partial charge on any atom is 0.165 e. The summed E-state index contributed by atoms with van der Waals surface area (Å²) in [5.74, 6) is -1.01. The fourth-order valence-corrected chi connectivity index (χ4v) is 1.64. The van der Waals surface area contributed by atoms with Crippen molar-refractivity contribution >= 4 is 17.3 Å². The Morgan fingerprint density at radius 2 is 2.00 bits per heavy atom. The van der Waals surface area contributed by atoms with Crippen molar-refractivity contribution in [3.8, 4) is 0 Å². The molecule has 7 heteroatoms. The summed E-state index contributed by atoms with van der Waals surface area (Å²) in [4.78, 5) is 1.68. The second-order valence-electron chi connectivity index (χ2n) is 5.34. The van der Waals surface area contributed by atoms with Crippen molar-refractivity contribution in [1.82, 2.24) is 4.90 Å². The van der Waals surface area contributed by atoms with Gasteiger partial charge in [-0.05, 0) is 45.3 Å². The van der Waals surface area contributed by atoms with Crippen LogP contribution in [0, 0.1) is 0 Å². The summed E-state index contributed by atoms with van der Waals surface area (Å²) < 4.78 is 11.0. The normalized spacial score (nSPS) is 22.1. The lowest BCUT2D eigenvalue weighted by atomic mass is 10.0. The zero-order valence-corrected chi connectivity index (χ0v) is 13.9. The number of nitrogens with zero attached hydrogens (tertiary/aromatic N) is 1. The van der Waals surface area contributed by atoms with E-state index in [1.54, 1.807) is 18.7 Å². The molecule has 0 bridgehead atoms. The first-order chi connectivity index (χ1) is 8.65. The molecular formula is C13H29FN2O3S. The number of ether oxygens (including phenoxy) is 2. The SMILES string of the molecule is CC[C@@H]1C[C@H](OC(C)(C)O)CCO1.CN(C)C(N)=S.F. The number of hydrogen-bond acceptors (Lipinski definition) is 4. The Kier molecular flexibility index (Phi) is 11.2. The van der Waals surface area contributed by atoms with Crippen LogP contribution in [0.4, 0.5) is 4.70 Å². The van der Waals surface area contributed by atoms with Gasteiger partial charge in [-0.1, -0.05) is 6.92 Å². The Labute approximate surface area is 126 Å². The molecule has 5 nitrogen and oxygen atoms in total. The summed E-state index contributed by atoms with van der Waals surface area (Å²) in [6, 6.07) is 0. The van der Waals surface area contributed by atoms with Gasteiger partial charge in [0.05, 0.1) is 12.2 Å². The smallest absolute Gasteiger partial charge is 0.165 e. The van der Waals surface area contributed by atoms with Crippen LogP contribution >= 0.6 is 12.2 Å². The van der Waals surface area contributed by atoms with Gasteiger partial charge in [0, 0.05) is 20.7 Å². The van der Waals surface area contributed by atoms with Crippen LogP contribution in [0.15, 0.2) is 0 Å². The third-order valence-electron chi connectivity index (χ3n) is 2.67. The third-order valence-corrected chi connectivity index (χ3v) is 3.04. The van der Waals surface area contributed by atoms with Gasteiger partial charge in [0.2, 0.25) is 0 Å². The lowest BCUT2D eigenvalue weighted by Crippen LogP contribution is -2.37. The predicted molar refractivity (Wildman–Crippen MR) is 83.4 cm³/mol. The van der Waals surface area contributed by atoms with E-state index < -0.39 is 5.79 Å².